The number of rotatable bonds is 1. The van der Waals surface area contributed by atoms with Crippen LogP contribution in [0.1, 0.15) is 27.7 Å². The van der Waals surface area contributed by atoms with Crippen molar-refractivity contribution in [3.05, 3.63) is 0 Å². The van der Waals surface area contributed by atoms with Crippen LogP contribution in [-0.2, 0) is 0 Å². The van der Waals surface area contributed by atoms with Crippen LogP contribution < -0.4 is 34.7 Å². The Morgan fingerprint density at radius 2 is 1.38 bits per heavy atom. The molecule has 0 N–H and O–H groups in total. The van der Waals surface area contributed by atoms with E-state index in [9.17, 15) is 5.11 Å². The molecule has 0 aliphatic rings. The van der Waals surface area contributed by atoms with Crippen molar-refractivity contribution in [2.24, 2.45) is 5.92 Å². The van der Waals surface area contributed by atoms with Gasteiger partial charge in [0.2, 0.25) is 0 Å². The van der Waals surface area contributed by atoms with Crippen LogP contribution in [-0.4, -0.2) is 5.60 Å². The van der Waals surface area contributed by atoms with E-state index in [2.05, 4.69) is 0 Å². The summed E-state index contributed by atoms with van der Waals surface area (Å²) in [6, 6.07) is 0. The first-order valence-electron chi connectivity index (χ1n) is 2.65. The van der Waals surface area contributed by atoms with Crippen molar-refractivity contribution in [3.8, 4) is 0 Å². The summed E-state index contributed by atoms with van der Waals surface area (Å²) in [6.07, 6.45) is 0. The molecule has 0 bridgehead atoms. The second-order valence-corrected chi connectivity index (χ2v) is 2.76. The van der Waals surface area contributed by atoms with Crippen molar-refractivity contribution >= 4 is 0 Å². The van der Waals surface area contributed by atoms with Gasteiger partial charge in [-0.15, -0.1) is 5.60 Å². The Bertz CT molecular complexity index is 54.0. The molecule has 0 fully saturated rings. The van der Waals surface area contributed by atoms with Crippen molar-refractivity contribution < 1.29 is 34.7 Å². The smallest absolute Gasteiger partial charge is 0.850 e. The zero-order valence-corrected chi connectivity index (χ0v) is 8.49. The van der Waals surface area contributed by atoms with Crippen molar-refractivity contribution in [1.29, 1.82) is 0 Å². The van der Waals surface area contributed by atoms with Crippen LogP contribution in [0.4, 0.5) is 0 Å². The normalized spacial score (nSPS) is 11.2. The monoisotopic (exact) mass is 124 g/mol. The molecule has 0 aromatic rings. The van der Waals surface area contributed by atoms with Crippen LogP contribution in [0.15, 0.2) is 0 Å². The average molecular weight is 124 g/mol. The second-order valence-electron chi connectivity index (χ2n) is 2.76. The van der Waals surface area contributed by atoms with Gasteiger partial charge in [0.1, 0.15) is 0 Å². The Hall–Kier alpha value is 0.960. The first-order chi connectivity index (χ1) is 2.94. The molecule has 2 heteroatoms. The molecule has 0 radical (unpaired) electrons. The summed E-state index contributed by atoms with van der Waals surface area (Å²) in [4.78, 5) is 0. The standard InChI is InChI=1S/C6H13O.Na/c1-5(2)6(3,4)7;/h5H,1-4H3;/q-1;+1. The van der Waals surface area contributed by atoms with Crippen molar-refractivity contribution in [2.75, 3.05) is 0 Å². The molecule has 0 saturated carbocycles. The summed E-state index contributed by atoms with van der Waals surface area (Å²) >= 11 is 0. The minimum atomic E-state index is -0.750. The maximum absolute atomic E-state index is 10.8. The van der Waals surface area contributed by atoms with Gasteiger partial charge in [-0.2, -0.15) is 0 Å². The van der Waals surface area contributed by atoms with Gasteiger partial charge < -0.3 is 5.11 Å². The molecule has 0 saturated heterocycles. The Labute approximate surface area is 73.8 Å². The van der Waals surface area contributed by atoms with Crippen LogP contribution in [0.2, 0.25) is 0 Å². The molecule has 0 aromatic carbocycles. The van der Waals surface area contributed by atoms with E-state index < -0.39 is 5.60 Å². The fourth-order valence-corrected chi connectivity index (χ4v) is 0. The van der Waals surface area contributed by atoms with Gasteiger partial charge in [-0.05, 0) is 0 Å². The zero-order valence-electron chi connectivity index (χ0n) is 6.49. The molecule has 0 unspecified atom stereocenters. The fraction of sp³-hybridized carbons (Fsp3) is 1.00. The molecule has 44 valence electrons. The Morgan fingerprint density at radius 1 is 1.25 bits per heavy atom. The molecule has 0 rings (SSSR count). The zero-order chi connectivity index (χ0) is 6.08. The molecule has 0 spiro atoms. The number of hydrogen-bond donors (Lipinski definition) is 0. The van der Waals surface area contributed by atoms with Crippen molar-refractivity contribution in [2.45, 2.75) is 33.3 Å². The van der Waals surface area contributed by atoms with Gasteiger partial charge in [-0.3, -0.25) is 0 Å². The molecule has 0 heterocycles. The van der Waals surface area contributed by atoms with E-state index in [4.69, 9.17) is 0 Å². The number of hydrogen-bond acceptors (Lipinski definition) is 1. The second kappa shape index (κ2) is 3.89. The van der Waals surface area contributed by atoms with E-state index in [0.29, 0.717) is 0 Å². The average Bonchev–Trinajstić information content (AvgIpc) is 1.31. The van der Waals surface area contributed by atoms with E-state index >= 15 is 0 Å². The first kappa shape index (κ1) is 11.7. The summed E-state index contributed by atoms with van der Waals surface area (Å²) in [5.74, 6) is 0.243. The summed E-state index contributed by atoms with van der Waals surface area (Å²) < 4.78 is 0. The van der Waals surface area contributed by atoms with Gasteiger partial charge in [0.25, 0.3) is 0 Å². The molecule has 0 amide bonds. The first-order valence-corrected chi connectivity index (χ1v) is 2.65. The summed E-state index contributed by atoms with van der Waals surface area (Å²) in [7, 11) is 0. The molecule has 1 nitrogen and oxygen atoms in total. The predicted molar refractivity (Wildman–Crippen MR) is 28.9 cm³/mol. The van der Waals surface area contributed by atoms with Gasteiger partial charge in [0.15, 0.2) is 0 Å². The summed E-state index contributed by atoms with van der Waals surface area (Å²) in [5.41, 5.74) is -0.750. The quantitative estimate of drug-likeness (QED) is 0.363. The van der Waals surface area contributed by atoms with Gasteiger partial charge in [0, 0.05) is 0 Å². The Morgan fingerprint density at radius 3 is 1.38 bits per heavy atom. The van der Waals surface area contributed by atoms with Gasteiger partial charge >= 0.3 is 29.6 Å². The third kappa shape index (κ3) is 5.10. The van der Waals surface area contributed by atoms with Crippen LogP contribution in [0, 0.1) is 5.92 Å². The van der Waals surface area contributed by atoms with Crippen LogP contribution in [0.25, 0.3) is 0 Å². The van der Waals surface area contributed by atoms with Gasteiger partial charge in [-0.25, -0.2) is 0 Å². The van der Waals surface area contributed by atoms with E-state index in [0.717, 1.165) is 0 Å². The molecule has 0 aliphatic carbocycles. The third-order valence-corrected chi connectivity index (χ3v) is 1.39. The largest absolute Gasteiger partial charge is 1.00 e. The third-order valence-electron chi connectivity index (χ3n) is 1.39. The van der Waals surface area contributed by atoms with Crippen LogP contribution in [0.3, 0.4) is 0 Å². The molecular weight excluding hydrogens is 111 g/mol. The Kier molecular flexibility index (Phi) is 5.69. The predicted octanol–water partition coefficient (Wildman–Crippen LogP) is -2.21. The van der Waals surface area contributed by atoms with E-state index in [1.165, 1.54) is 0 Å². The van der Waals surface area contributed by atoms with Crippen LogP contribution >= 0.6 is 0 Å². The van der Waals surface area contributed by atoms with E-state index in [-0.39, 0.29) is 35.5 Å². The minimum absolute atomic E-state index is 0. The van der Waals surface area contributed by atoms with E-state index in [1.807, 2.05) is 13.8 Å². The van der Waals surface area contributed by atoms with Gasteiger partial charge in [0.05, 0.1) is 0 Å². The molecule has 8 heavy (non-hydrogen) atoms. The van der Waals surface area contributed by atoms with E-state index in [1.54, 1.807) is 13.8 Å². The summed E-state index contributed by atoms with van der Waals surface area (Å²) in [5, 5.41) is 10.8. The maximum atomic E-state index is 10.8. The topological polar surface area (TPSA) is 23.1 Å². The Balaban J connectivity index is 0. The van der Waals surface area contributed by atoms with Crippen molar-refractivity contribution in [3.63, 3.8) is 0 Å². The van der Waals surface area contributed by atoms with Crippen molar-refractivity contribution in [1.82, 2.24) is 0 Å². The molecule has 0 atom stereocenters. The molecule has 0 aromatic heterocycles. The summed E-state index contributed by atoms with van der Waals surface area (Å²) in [6.45, 7) is 7.29. The SMILES string of the molecule is CC(C)C(C)(C)[O-].[Na+]. The maximum Gasteiger partial charge on any atom is 1.00 e. The van der Waals surface area contributed by atoms with Gasteiger partial charge in [-0.1, -0.05) is 33.6 Å². The van der Waals surface area contributed by atoms with Crippen LogP contribution in [0.5, 0.6) is 0 Å². The molecular formula is C6H13NaO. The fourth-order valence-electron chi connectivity index (χ4n) is 0. The molecule has 0 aliphatic heterocycles. The minimum Gasteiger partial charge on any atom is -0.850 e.